The van der Waals surface area contributed by atoms with Gasteiger partial charge in [-0.3, -0.25) is 4.90 Å². The van der Waals surface area contributed by atoms with Crippen LogP contribution in [0.2, 0.25) is 0 Å². The molecule has 0 unspecified atom stereocenters. The van der Waals surface area contributed by atoms with Crippen molar-refractivity contribution in [3.63, 3.8) is 0 Å². The van der Waals surface area contributed by atoms with Crippen molar-refractivity contribution in [3.05, 3.63) is 40.5 Å². The van der Waals surface area contributed by atoms with Gasteiger partial charge in [0.15, 0.2) is 5.82 Å². The Balaban J connectivity index is 1.58. The number of hydrogen-bond acceptors (Lipinski definition) is 6. The van der Waals surface area contributed by atoms with Crippen molar-refractivity contribution >= 4 is 26.0 Å². The zero-order valence-corrected chi connectivity index (χ0v) is 17.3. The molecular formula is C17H23BrN4O3S. The first-order valence-corrected chi connectivity index (χ1v) is 10.9. The van der Waals surface area contributed by atoms with Crippen molar-refractivity contribution < 1.29 is 12.9 Å². The van der Waals surface area contributed by atoms with Crippen LogP contribution >= 0.6 is 15.9 Å². The van der Waals surface area contributed by atoms with E-state index in [-0.39, 0.29) is 0 Å². The van der Waals surface area contributed by atoms with Gasteiger partial charge in [-0.25, -0.2) is 8.42 Å². The number of aromatic nitrogens is 2. The van der Waals surface area contributed by atoms with Crippen LogP contribution in [0.4, 0.5) is 0 Å². The fourth-order valence-electron chi connectivity index (χ4n) is 2.89. The minimum absolute atomic E-state index is 0.317. The van der Waals surface area contributed by atoms with Gasteiger partial charge in [-0.05, 0) is 24.1 Å². The number of piperazine rings is 1. The molecule has 0 saturated carbocycles. The second kappa shape index (κ2) is 8.16. The molecule has 26 heavy (non-hydrogen) atoms. The Hall–Kier alpha value is -1.29. The molecule has 2 aromatic rings. The lowest BCUT2D eigenvalue weighted by atomic mass is 10.1. The van der Waals surface area contributed by atoms with Gasteiger partial charge in [0, 0.05) is 37.1 Å². The number of rotatable bonds is 6. The summed E-state index contributed by atoms with van der Waals surface area (Å²) < 4.78 is 33.1. The first-order valence-electron chi connectivity index (χ1n) is 8.64. The van der Waals surface area contributed by atoms with Gasteiger partial charge in [0.2, 0.25) is 15.9 Å². The van der Waals surface area contributed by atoms with E-state index in [1.807, 2.05) is 6.07 Å². The molecule has 1 saturated heterocycles. The number of halogens is 1. The first-order chi connectivity index (χ1) is 12.3. The predicted octanol–water partition coefficient (Wildman–Crippen LogP) is 2.54. The lowest BCUT2D eigenvalue weighted by Gasteiger charge is -2.33. The number of hydrogen-bond donors (Lipinski definition) is 0. The van der Waals surface area contributed by atoms with Crippen molar-refractivity contribution in [2.75, 3.05) is 26.2 Å². The van der Waals surface area contributed by atoms with E-state index < -0.39 is 10.0 Å². The molecule has 1 aliphatic rings. The van der Waals surface area contributed by atoms with Gasteiger partial charge in [0.25, 0.3) is 0 Å². The maximum atomic E-state index is 12.8. The molecule has 1 fully saturated rings. The smallest absolute Gasteiger partial charge is 0.243 e. The molecule has 0 bridgehead atoms. The van der Waals surface area contributed by atoms with Crippen molar-refractivity contribution in [2.24, 2.45) is 5.92 Å². The van der Waals surface area contributed by atoms with Gasteiger partial charge >= 0.3 is 0 Å². The standard InChI is InChI=1S/C17H23BrN4O3S/c1-13(2)10-17-19-16(20-25-17)12-21-6-8-22(9-7-21)26(23,24)15-5-3-4-14(18)11-15/h3-5,11,13H,6-10,12H2,1-2H3. The molecule has 1 aromatic carbocycles. The highest BCUT2D eigenvalue weighted by molar-refractivity contribution is 9.10. The highest BCUT2D eigenvalue weighted by atomic mass is 79.9. The quantitative estimate of drug-likeness (QED) is 0.683. The lowest BCUT2D eigenvalue weighted by Crippen LogP contribution is -2.48. The van der Waals surface area contributed by atoms with Crippen LogP contribution in [0.3, 0.4) is 0 Å². The number of nitrogens with zero attached hydrogens (tertiary/aromatic N) is 4. The zero-order valence-electron chi connectivity index (χ0n) is 14.9. The number of sulfonamides is 1. The Labute approximate surface area is 162 Å². The highest BCUT2D eigenvalue weighted by Gasteiger charge is 2.29. The van der Waals surface area contributed by atoms with Gasteiger partial charge in [0.05, 0.1) is 11.4 Å². The van der Waals surface area contributed by atoms with E-state index in [1.165, 1.54) is 4.31 Å². The minimum Gasteiger partial charge on any atom is -0.339 e. The van der Waals surface area contributed by atoms with E-state index in [9.17, 15) is 8.42 Å². The van der Waals surface area contributed by atoms with Crippen LogP contribution in [0.5, 0.6) is 0 Å². The fraction of sp³-hybridized carbons (Fsp3) is 0.529. The van der Waals surface area contributed by atoms with Gasteiger partial charge in [-0.15, -0.1) is 0 Å². The van der Waals surface area contributed by atoms with Crippen LogP contribution in [0.15, 0.2) is 38.2 Å². The van der Waals surface area contributed by atoms with Gasteiger partial charge in [-0.1, -0.05) is 41.0 Å². The molecule has 3 rings (SSSR count). The van der Waals surface area contributed by atoms with Gasteiger partial charge < -0.3 is 4.52 Å². The maximum Gasteiger partial charge on any atom is 0.243 e. The average Bonchev–Trinajstić information content (AvgIpc) is 3.01. The van der Waals surface area contributed by atoms with Crippen molar-refractivity contribution in [2.45, 2.75) is 31.7 Å². The summed E-state index contributed by atoms with van der Waals surface area (Å²) in [7, 11) is -3.46. The molecule has 1 aliphatic heterocycles. The summed E-state index contributed by atoms with van der Waals surface area (Å²) in [4.78, 5) is 6.88. The molecule has 142 valence electrons. The van der Waals surface area contributed by atoms with Crippen LogP contribution in [0, 0.1) is 5.92 Å². The zero-order chi connectivity index (χ0) is 18.7. The van der Waals surface area contributed by atoms with Gasteiger partial charge in [-0.2, -0.15) is 9.29 Å². The van der Waals surface area contributed by atoms with E-state index in [0.717, 1.165) is 10.9 Å². The summed E-state index contributed by atoms with van der Waals surface area (Å²) >= 11 is 3.33. The van der Waals surface area contributed by atoms with Crippen molar-refractivity contribution in [3.8, 4) is 0 Å². The molecule has 0 spiro atoms. The molecule has 0 amide bonds. The van der Waals surface area contributed by atoms with Crippen LogP contribution in [0.25, 0.3) is 0 Å². The molecule has 1 aromatic heterocycles. The third kappa shape index (κ3) is 4.70. The lowest BCUT2D eigenvalue weighted by molar-refractivity contribution is 0.176. The molecule has 0 N–H and O–H groups in total. The van der Waals surface area contributed by atoms with Crippen LogP contribution < -0.4 is 0 Å². The Morgan fingerprint density at radius 2 is 1.96 bits per heavy atom. The summed E-state index contributed by atoms with van der Waals surface area (Å²) in [5.74, 6) is 1.78. The largest absolute Gasteiger partial charge is 0.339 e. The molecule has 2 heterocycles. The van der Waals surface area contributed by atoms with E-state index in [4.69, 9.17) is 4.52 Å². The van der Waals surface area contributed by atoms with Crippen LogP contribution in [0.1, 0.15) is 25.6 Å². The monoisotopic (exact) mass is 442 g/mol. The van der Waals surface area contributed by atoms with Crippen LogP contribution in [-0.2, 0) is 23.0 Å². The SMILES string of the molecule is CC(C)Cc1nc(CN2CCN(S(=O)(=O)c3cccc(Br)c3)CC2)no1. The second-order valence-electron chi connectivity index (χ2n) is 6.84. The fourth-order valence-corrected chi connectivity index (χ4v) is 4.91. The Kier molecular flexibility index (Phi) is 6.11. The second-order valence-corrected chi connectivity index (χ2v) is 9.69. The van der Waals surface area contributed by atoms with E-state index >= 15 is 0 Å². The normalized spacial score (nSPS) is 17.1. The maximum absolute atomic E-state index is 12.8. The van der Waals surface area contributed by atoms with Crippen LogP contribution in [-0.4, -0.2) is 53.9 Å². The summed E-state index contributed by atoms with van der Waals surface area (Å²) in [6.07, 6.45) is 0.770. The summed E-state index contributed by atoms with van der Waals surface area (Å²) in [5, 5.41) is 4.02. The predicted molar refractivity (Wildman–Crippen MR) is 101 cm³/mol. The highest BCUT2D eigenvalue weighted by Crippen LogP contribution is 2.21. The summed E-state index contributed by atoms with van der Waals surface area (Å²) in [6, 6.07) is 6.81. The summed E-state index contributed by atoms with van der Waals surface area (Å²) in [5.41, 5.74) is 0. The number of benzene rings is 1. The van der Waals surface area contributed by atoms with Crippen molar-refractivity contribution in [1.82, 2.24) is 19.3 Å². The van der Waals surface area contributed by atoms with Crippen molar-refractivity contribution in [1.29, 1.82) is 0 Å². The molecule has 0 radical (unpaired) electrons. The van der Waals surface area contributed by atoms with E-state index in [2.05, 4.69) is 44.8 Å². The Bertz CT molecular complexity index is 845. The average molecular weight is 443 g/mol. The third-order valence-electron chi connectivity index (χ3n) is 4.22. The molecule has 0 atom stereocenters. The van der Waals surface area contributed by atoms with Gasteiger partial charge in [0.1, 0.15) is 0 Å². The topological polar surface area (TPSA) is 79.5 Å². The van der Waals surface area contributed by atoms with E-state index in [1.54, 1.807) is 18.2 Å². The first kappa shape index (κ1) is 19.5. The molecule has 0 aliphatic carbocycles. The Morgan fingerprint density at radius 1 is 1.23 bits per heavy atom. The minimum atomic E-state index is -3.46. The Morgan fingerprint density at radius 3 is 2.62 bits per heavy atom. The molecular weight excluding hydrogens is 420 g/mol. The molecule has 7 nitrogen and oxygen atoms in total. The summed E-state index contributed by atoms with van der Waals surface area (Å²) in [6.45, 7) is 6.97. The van der Waals surface area contributed by atoms with E-state index in [0.29, 0.717) is 55.3 Å². The molecule has 9 heteroatoms. The third-order valence-corrected chi connectivity index (χ3v) is 6.61.